The minimum absolute atomic E-state index is 0.0284. The first kappa shape index (κ1) is 9.13. The van der Waals surface area contributed by atoms with Gasteiger partial charge in [-0.25, -0.2) is 9.67 Å². The first-order valence-electron chi connectivity index (χ1n) is 4.10. The molecule has 7 heteroatoms. The predicted molar refractivity (Wildman–Crippen MR) is 52.1 cm³/mol. The van der Waals surface area contributed by atoms with Gasteiger partial charge in [0.1, 0.15) is 0 Å². The summed E-state index contributed by atoms with van der Waals surface area (Å²) in [5.74, 6) is -0.202. The van der Waals surface area contributed by atoms with Crippen LogP contribution in [0.3, 0.4) is 0 Å². The molecule has 15 heavy (non-hydrogen) atoms. The van der Waals surface area contributed by atoms with Crippen LogP contribution in [0.2, 0.25) is 0 Å². The van der Waals surface area contributed by atoms with Crippen LogP contribution in [0.25, 0.3) is 5.82 Å². The van der Waals surface area contributed by atoms with E-state index >= 15 is 0 Å². The lowest BCUT2D eigenvalue weighted by Gasteiger charge is -1.96. The van der Waals surface area contributed by atoms with E-state index in [1.807, 2.05) is 0 Å². The van der Waals surface area contributed by atoms with Gasteiger partial charge in [-0.2, -0.15) is 5.10 Å². The molecule has 0 bridgehead atoms. The molecule has 2 heterocycles. The van der Waals surface area contributed by atoms with Crippen molar-refractivity contribution in [2.45, 2.75) is 0 Å². The number of hydrogen-bond acceptors (Lipinski definition) is 5. The van der Waals surface area contributed by atoms with Gasteiger partial charge >= 0.3 is 0 Å². The van der Waals surface area contributed by atoms with Crippen molar-refractivity contribution < 1.29 is 4.79 Å². The fourth-order valence-corrected chi connectivity index (χ4v) is 1.11. The van der Waals surface area contributed by atoms with Crippen LogP contribution in [-0.4, -0.2) is 25.7 Å². The number of primary amides is 1. The highest BCUT2D eigenvalue weighted by Gasteiger charge is 2.12. The molecule has 0 saturated carbocycles. The van der Waals surface area contributed by atoms with Gasteiger partial charge in [0.2, 0.25) is 0 Å². The topological polar surface area (TPSA) is 113 Å². The Hall–Kier alpha value is -2.44. The van der Waals surface area contributed by atoms with Crippen molar-refractivity contribution in [3.8, 4) is 5.82 Å². The van der Waals surface area contributed by atoms with Crippen molar-refractivity contribution in [2.24, 2.45) is 5.73 Å². The fourth-order valence-electron chi connectivity index (χ4n) is 1.11. The van der Waals surface area contributed by atoms with E-state index < -0.39 is 5.91 Å². The minimum atomic E-state index is -0.671. The van der Waals surface area contributed by atoms with Gasteiger partial charge in [-0.1, -0.05) is 0 Å². The molecule has 0 fully saturated rings. The van der Waals surface area contributed by atoms with Crippen LogP contribution in [-0.2, 0) is 0 Å². The predicted octanol–water partition coefficient (Wildman–Crippen LogP) is -0.657. The third-order valence-electron chi connectivity index (χ3n) is 1.76. The first-order valence-corrected chi connectivity index (χ1v) is 4.10. The van der Waals surface area contributed by atoms with Crippen molar-refractivity contribution in [1.82, 2.24) is 19.7 Å². The van der Waals surface area contributed by atoms with Crippen molar-refractivity contribution in [2.75, 3.05) is 5.73 Å². The molecule has 0 atom stereocenters. The minimum Gasteiger partial charge on any atom is -0.396 e. The number of amides is 1. The van der Waals surface area contributed by atoms with Crippen molar-refractivity contribution >= 4 is 11.6 Å². The Morgan fingerprint density at radius 1 is 1.40 bits per heavy atom. The lowest BCUT2D eigenvalue weighted by atomic mass is 10.4. The second-order valence-corrected chi connectivity index (χ2v) is 2.81. The third kappa shape index (κ3) is 1.62. The molecular formula is C8H8N6O. The maximum absolute atomic E-state index is 10.9. The summed E-state index contributed by atoms with van der Waals surface area (Å²) in [5.41, 5.74) is 10.9. The average molecular weight is 204 g/mol. The number of nitrogens with zero attached hydrogens (tertiary/aromatic N) is 4. The summed E-state index contributed by atoms with van der Waals surface area (Å²) < 4.78 is 1.35. The van der Waals surface area contributed by atoms with Crippen LogP contribution in [0, 0.1) is 0 Å². The van der Waals surface area contributed by atoms with Crippen molar-refractivity contribution in [3.05, 3.63) is 30.5 Å². The van der Waals surface area contributed by atoms with E-state index in [2.05, 4.69) is 15.1 Å². The van der Waals surface area contributed by atoms with Crippen LogP contribution >= 0.6 is 0 Å². The number of rotatable bonds is 2. The van der Waals surface area contributed by atoms with E-state index in [0.717, 1.165) is 0 Å². The van der Waals surface area contributed by atoms with Gasteiger partial charge in [-0.15, -0.1) is 0 Å². The van der Waals surface area contributed by atoms with Gasteiger partial charge in [-0.3, -0.25) is 9.78 Å². The lowest BCUT2D eigenvalue weighted by Crippen LogP contribution is -2.14. The van der Waals surface area contributed by atoms with Gasteiger partial charge in [-0.05, 0) is 0 Å². The summed E-state index contributed by atoms with van der Waals surface area (Å²) in [5, 5.41) is 3.89. The Morgan fingerprint density at radius 2 is 2.20 bits per heavy atom. The maximum atomic E-state index is 10.9. The zero-order valence-electron chi connectivity index (χ0n) is 7.66. The molecule has 1 amide bonds. The van der Waals surface area contributed by atoms with Gasteiger partial charge in [0.25, 0.3) is 5.91 Å². The van der Waals surface area contributed by atoms with Crippen LogP contribution in [0.5, 0.6) is 0 Å². The number of carbonyl (C=O) groups is 1. The van der Waals surface area contributed by atoms with Gasteiger partial charge in [0.05, 0.1) is 18.1 Å². The standard InChI is InChI=1S/C8H8N6O/c9-5-4-14(13-7(5)8(10)15)6-3-11-1-2-12-6/h1-4H,9H2,(H2,10,15). The van der Waals surface area contributed by atoms with E-state index in [9.17, 15) is 4.79 Å². The van der Waals surface area contributed by atoms with Crippen LogP contribution in [0.4, 0.5) is 5.69 Å². The van der Waals surface area contributed by atoms with Crippen LogP contribution in [0.15, 0.2) is 24.8 Å². The molecular weight excluding hydrogens is 196 g/mol. The fraction of sp³-hybridized carbons (Fsp3) is 0. The lowest BCUT2D eigenvalue weighted by molar-refractivity contribution is 0.0996. The molecule has 7 nitrogen and oxygen atoms in total. The van der Waals surface area contributed by atoms with Crippen molar-refractivity contribution in [1.29, 1.82) is 0 Å². The Kier molecular flexibility index (Phi) is 2.05. The molecule has 2 aromatic heterocycles. The highest BCUT2D eigenvalue weighted by Crippen LogP contribution is 2.10. The quantitative estimate of drug-likeness (QED) is 0.674. The normalized spacial score (nSPS) is 10.1. The second-order valence-electron chi connectivity index (χ2n) is 2.81. The summed E-state index contributed by atoms with van der Waals surface area (Å²) >= 11 is 0. The Labute approximate surface area is 84.7 Å². The zero-order chi connectivity index (χ0) is 10.8. The molecule has 4 N–H and O–H groups in total. The average Bonchev–Trinajstić information content (AvgIpc) is 2.62. The summed E-state index contributed by atoms with van der Waals surface area (Å²) in [6.45, 7) is 0. The van der Waals surface area contributed by atoms with Gasteiger partial charge < -0.3 is 11.5 Å². The molecule has 0 aliphatic rings. The van der Waals surface area contributed by atoms with E-state index in [-0.39, 0.29) is 11.4 Å². The SMILES string of the molecule is NC(=O)c1nn(-c2cnccn2)cc1N. The molecule has 2 aromatic rings. The molecule has 2 rings (SSSR count). The second kappa shape index (κ2) is 3.37. The Bertz CT molecular complexity index is 491. The summed E-state index contributed by atoms with van der Waals surface area (Å²) in [6, 6.07) is 0. The zero-order valence-corrected chi connectivity index (χ0v) is 7.66. The van der Waals surface area contributed by atoms with E-state index in [4.69, 9.17) is 11.5 Å². The molecule has 76 valence electrons. The van der Waals surface area contributed by atoms with E-state index in [1.54, 1.807) is 0 Å². The Balaban J connectivity index is 2.48. The number of hydrogen-bond donors (Lipinski definition) is 2. The number of nitrogen functional groups attached to an aromatic ring is 1. The van der Waals surface area contributed by atoms with Gasteiger partial charge in [0.15, 0.2) is 11.5 Å². The van der Waals surface area contributed by atoms with Crippen LogP contribution < -0.4 is 11.5 Å². The summed E-state index contributed by atoms with van der Waals surface area (Å²) in [6.07, 6.45) is 6.00. The molecule has 0 unspecified atom stereocenters. The molecule has 0 spiro atoms. The number of nitrogens with two attached hydrogens (primary N) is 2. The molecule has 0 saturated heterocycles. The first-order chi connectivity index (χ1) is 7.18. The maximum Gasteiger partial charge on any atom is 0.271 e. The number of carbonyl (C=O) groups excluding carboxylic acids is 1. The van der Waals surface area contributed by atoms with Gasteiger partial charge in [0, 0.05) is 12.4 Å². The highest BCUT2D eigenvalue weighted by molar-refractivity contribution is 5.95. The smallest absolute Gasteiger partial charge is 0.271 e. The number of anilines is 1. The summed E-state index contributed by atoms with van der Waals surface area (Å²) in [7, 11) is 0. The van der Waals surface area contributed by atoms with Crippen molar-refractivity contribution in [3.63, 3.8) is 0 Å². The largest absolute Gasteiger partial charge is 0.396 e. The third-order valence-corrected chi connectivity index (χ3v) is 1.76. The van der Waals surface area contributed by atoms with E-state index in [1.165, 1.54) is 29.5 Å². The molecule has 0 aromatic carbocycles. The summed E-state index contributed by atoms with van der Waals surface area (Å²) in [4.78, 5) is 18.8. The molecule has 0 aliphatic heterocycles. The van der Waals surface area contributed by atoms with Crippen LogP contribution in [0.1, 0.15) is 10.5 Å². The highest BCUT2D eigenvalue weighted by atomic mass is 16.1. The molecule has 0 aliphatic carbocycles. The van der Waals surface area contributed by atoms with E-state index in [0.29, 0.717) is 5.82 Å². The molecule has 0 radical (unpaired) electrons. The Morgan fingerprint density at radius 3 is 2.73 bits per heavy atom. The monoisotopic (exact) mass is 204 g/mol. The number of aromatic nitrogens is 4.